The second-order valence-corrected chi connectivity index (χ2v) is 8.59. The normalized spacial score (nSPS) is 17.7. The summed E-state index contributed by atoms with van der Waals surface area (Å²) in [6, 6.07) is 7.77. The smallest absolute Gasteiger partial charge is 0.255 e. The number of carbonyl (C=O) groups excluding carboxylic acids is 4. The summed E-state index contributed by atoms with van der Waals surface area (Å²) in [7, 11) is 3.10. The molecule has 2 aliphatic heterocycles. The number of carbonyl (C=O) groups is 4. The second-order valence-electron chi connectivity index (χ2n) is 8.59. The number of anilines is 1. The molecule has 2 fully saturated rings. The lowest BCUT2D eigenvalue weighted by atomic mass is 10.0. The number of aldehydes is 1. The number of piperidine rings is 1. The molecule has 1 atom stereocenters. The Hall–Kier alpha value is -3.99. The van der Waals surface area contributed by atoms with Gasteiger partial charge in [-0.15, -0.1) is 0 Å². The van der Waals surface area contributed by atoms with Crippen molar-refractivity contribution < 1.29 is 33.4 Å². The molecule has 0 aliphatic carbocycles. The summed E-state index contributed by atoms with van der Waals surface area (Å²) in [6.07, 6.45) is 2.56. The van der Waals surface area contributed by atoms with Crippen LogP contribution in [0.3, 0.4) is 0 Å². The van der Waals surface area contributed by atoms with Gasteiger partial charge in [0.15, 0.2) is 6.29 Å². The number of ether oxygens (including phenoxy) is 3. The molecule has 2 saturated heterocycles. The first-order valence-electron chi connectivity index (χ1n) is 11.6. The molecule has 36 heavy (non-hydrogen) atoms. The van der Waals surface area contributed by atoms with Crippen LogP contribution in [0.2, 0.25) is 0 Å². The van der Waals surface area contributed by atoms with E-state index in [0.29, 0.717) is 44.2 Å². The summed E-state index contributed by atoms with van der Waals surface area (Å²) in [5, 5.41) is 2.24. The van der Waals surface area contributed by atoms with Crippen LogP contribution in [0.5, 0.6) is 11.6 Å². The molecule has 1 aromatic carbocycles. The molecule has 1 N–H and O–H groups in total. The molecule has 3 amide bonds. The van der Waals surface area contributed by atoms with Crippen LogP contribution in [-0.2, 0) is 14.3 Å². The fraction of sp³-hybridized carbons (Fsp3) is 0.400. The lowest BCUT2D eigenvalue weighted by molar-refractivity contribution is -0.136. The van der Waals surface area contributed by atoms with Crippen molar-refractivity contribution in [1.82, 2.24) is 15.2 Å². The van der Waals surface area contributed by atoms with Crippen molar-refractivity contribution in [2.24, 2.45) is 0 Å². The first-order chi connectivity index (χ1) is 17.4. The fourth-order valence-corrected chi connectivity index (χ4v) is 4.08. The van der Waals surface area contributed by atoms with E-state index in [1.807, 2.05) is 4.90 Å². The van der Waals surface area contributed by atoms with E-state index >= 15 is 0 Å². The van der Waals surface area contributed by atoms with Gasteiger partial charge in [-0.05, 0) is 30.7 Å². The van der Waals surface area contributed by atoms with Gasteiger partial charge in [-0.1, -0.05) is 0 Å². The number of benzene rings is 1. The van der Waals surface area contributed by atoms with Gasteiger partial charge in [0.25, 0.3) is 5.91 Å². The van der Waals surface area contributed by atoms with Gasteiger partial charge in [0.1, 0.15) is 24.5 Å². The molecular weight excluding hydrogens is 468 g/mol. The van der Waals surface area contributed by atoms with Gasteiger partial charge in [-0.2, -0.15) is 0 Å². The summed E-state index contributed by atoms with van der Waals surface area (Å²) >= 11 is 0. The lowest BCUT2D eigenvalue weighted by Gasteiger charge is -2.40. The molecule has 0 saturated carbocycles. The molecule has 0 radical (unpaired) electrons. The van der Waals surface area contributed by atoms with Crippen LogP contribution in [0.4, 0.5) is 5.69 Å². The van der Waals surface area contributed by atoms with E-state index in [0.717, 1.165) is 5.69 Å². The van der Waals surface area contributed by atoms with E-state index < -0.39 is 17.9 Å². The van der Waals surface area contributed by atoms with Crippen molar-refractivity contribution in [2.45, 2.75) is 25.0 Å². The zero-order valence-electron chi connectivity index (χ0n) is 20.1. The van der Waals surface area contributed by atoms with Gasteiger partial charge in [0.05, 0.1) is 31.5 Å². The average molecular weight is 497 g/mol. The van der Waals surface area contributed by atoms with Crippen molar-refractivity contribution in [3.63, 3.8) is 0 Å². The van der Waals surface area contributed by atoms with Gasteiger partial charge in [0.2, 0.25) is 17.7 Å². The van der Waals surface area contributed by atoms with E-state index in [2.05, 4.69) is 10.3 Å². The Morgan fingerprint density at radius 1 is 1.22 bits per heavy atom. The molecule has 190 valence electrons. The predicted molar refractivity (Wildman–Crippen MR) is 128 cm³/mol. The molecule has 0 spiro atoms. The predicted octanol–water partition coefficient (Wildman–Crippen LogP) is 1.06. The van der Waals surface area contributed by atoms with Crippen molar-refractivity contribution in [2.75, 3.05) is 45.4 Å². The highest BCUT2D eigenvalue weighted by Crippen LogP contribution is 2.27. The van der Waals surface area contributed by atoms with Crippen LogP contribution in [0.25, 0.3) is 0 Å². The van der Waals surface area contributed by atoms with E-state index in [1.165, 1.54) is 11.9 Å². The molecule has 2 aromatic rings. The van der Waals surface area contributed by atoms with E-state index in [1.54, 1.807) is 43.6 Å². The molecule has 1 unspecified atom stereocenters. The number of aromatic nitrogens is 1. The molecule has 0 bridgehead atoms. The number of pyridine rings is 1. The molecular formula is C25H28N4O7. The third-order valence-corrected chi connectivity index (χ3v) is 6.16. The third-order valence-electron chi connectivity index (χ3n) is 6.16. The highest BCUT2D eigenvalue weighted by atomic mass is 16.5. The summed E-state index contributed by atoms with van der Waals surface area (Å²) in [5.41, 5.74) is 1.21. The number of methoxy groups -OCH3 is 1. The number of hydrogen-bond donors (Lipinski definition) is 1. The number of hydrogen-bond acceptors (Lipinski definition) is 9. The van der Waals surface area contributed by atoms with Crippen molar-refractivity contribution in [3.8, 4) is 11.6 Å². The SMILES string of the molecule is COCCOc1ccc(OC2CN(c3ccc(C(=O)N(C)C4CCC(=O)NC4=O)c(C=O)c3)C2)nc1. The van der Waals surface area contributed by atoms with Crippen LogP contribution in [0, 0.1) is 0 Å². The van der Waals surface area contributed by atoms with Gasteiger partial charge in [-0.25, -0.2) is 4.98 Å². The Morgan fingerprint density at radius 2 is 2.03 bits per heavy atom. The number of amides is 3. The Balaban J connectivity index is 1.33. The van der Waals surface area contributed by atoms with Gasteiger partial charge in [0, 0.05) is 37.9 Å². The van der Waals surface area contributed by atoms with Crippen LogP contribution >= 0.6 is 0 Å². The first-order valence-corrected chi connectivity index (χ1v) is 11.6. The van der Waals surface area contributed by atoms with E-state index in [9.17, 15) is 19.2 Å². The first kappa shape index (κ1) is 25.1. The van der Waals surface area contributed by atoms with Crippen molar-refractivity contribution in [3.05, 3.63) is 47.7 Å². The average Bonchev–Trinajstić information content (AvgIpc) is 2.86. The molecule has 3 heterocycles. The number of likely N-dealkylation sites (N-methyl/N-ethyl adjacent to an activating group) is 1. The monoisotopic (exact) mass is 496 g/mol. The zero-order chi connectivity index (χ0) is 25.7. The van der Waals surface area contributed by atoms with Gasteiger partial charge in [-0.3, -0.25) is 24.5 Å². The maximum atomic E-state index is 13.0. The fourth-order valence-electron chi connectivity index (χ4n) is 4.08. The highest BCUT2D eigenvalue weighted by Gasteiger charge is 2.34. The largest absolute Gasteiger partial charge is 0.490 e. The number of nitrogens with zero attached hydrogens (tertiary/aromatic N) is 3. The summed E-state index contributed by atoms with van der Waals surface area (Å²) in [4.78, 5) is 55.9. The molecule has 2 aliphatic rings. The van der Waals surface area contributed by atoms with Crippen LogP contribution < -0.4 is 19.7 Å². The van der Waals surface area contributed by atoms with E-state index in [-0.39, 0.29) is 36.0 Å². The van der Waals surface area contributed by atoms with Crippen LogP contribution in [0.15, 0.2) is 36.5 Å². The minimum atomic E-state index is -0.762. The number of nitrogens with one attached hydrogen (secondary N) is 1. The molecule has 11 nitrogen and oxygen atoms in total. The van der Waals surface area contributed by atoms with E-state index in [4.69, 9.17) is 14.2 Å². The zero-order valence-corrected chi connectivity index (χ0v) is 20.1. The minimum Gasteiger partial charge on any atom is -0.490 e. The standard InChI is InChI=1S/C25H28N4O7/c1-28(21-6-7-22(31)27-24(21)32)25(33)20-5-3-17(11-16(20)15-30)29-13-19(14-29)36-23-8-4-18(12-26-23)35-10-9-34-2/h3-5,8,11-12,15,19,21H,6-7,9-10,13-14H2,1-2H3,(H,27,31,32). The number of rotatable bonds is 10. The van der Waals surface area contributed by atoms with Crippen LogP contribution in [-0.4, -0.2) is 86.5 Å². The highest BCUT2D eigenvalue weighted by molar-refractivity contribution is 6.06. The molecule has 4 rings (SSSR count). The summed E-state index contributed by atoms with van der Waals surface area (Å²) < 4.78 is 16.3. The quantitative estimate of drug-likeness (QED) is 0.292. The Bertz CT molecular complexity index is 1130. The molecule has 1 aromatic heterocycles. The molecule has 11 heteroatoms. The Kier molecular flexibility index (Phi) is 7.79. The van der Waals surface area contributed by atoms with Crippen LogP contribution in [0.1, 0.15) is 33.6 Å². The van der Waals surface area contributed by atoms with Crippen molar-refractivity contribution >= 4 is 29.7 Å². The summed E-state index contributed by atoms with van der Waals surface area (Å²) in [5.74, 6) is -0.199. The summed E-state index contributed by atoms with van der Waals surface area (Å²) in [6.45, 7) is 2.12. The van der Waals surface area contributed by atoms with Gasteiger partial charge < -0.3 is 24.0 Å². The second kappa shape index (κ2) is 11.2. The Labute approximate surface area is 208 Å². The number of imide groups is 1. The topological polar surface area (TPSA) is 127 Å². The third kappa shape index (κ3) is 5.62. The maximum Gasteiger partial charge on any atom is 0.255 e. The minimum absolute atomic E-state index is 0.0718. The maximum absolute atomic E-state index is 13.0. The lowest BCUT2D eigenvalue weighted by Crippen LogP contribution is -2.54. The Morgan fingerprint density at radius 3 is 2.69 bits per heavy atom. The van der Waals surface area contributed by atoms with Gasteiger partial charge >= 0.3 is 0 Å². The van der Waals surface area contributed by atoms with Crippen molar-refractivity contribution in [1.29, 1.82) is 0 Å².